The molecule has 3 aromatic carbocycles. The van der Waals surface area contributed by atoms with Crippen molar-refractivity contribution < 1.29 is 0 Å². The zero-order valence-corrected chi connectivity index (χ0v) is 13.1. The fourth-order valence-electron chi connectivity index (χ4n) is 2.45. The maximum absolute atomic E-state index is 2.26. The maximum Gasteiger partial charge on any atom is -0.0276 e. The Morgan fingerprint density at radius 1 is 0.364 bits per heavy atom. The van der Waals surface area contributed by atoms with Gasteiger partial charge < -0.3 is 0 Å². The van der Waals surface area contributed by atoms with Crippen LogP contribution in [0.25, 0.3) is 0 Å². The van der Waals surface area contributed by atoms with Crippen LogP contribution >= 0.6 is 0 Å². The van der Waals surface area contributed by atoms with E-state index in [0.29, 0.717) is 0 Å². The fourth-order valence-corrected chi connectivity index (χ4v) is 2.45. The van der Waals surface area contributed by atoms with Crippen molar-refractivity contribution in [3.05, 3.63) is 108 Å². The number of hydrogen-bond donors (Lipinski definition) is 0. The molecule has 22 heavy (non-hydrogen) atoms. The third-order valence-electron chi connectivity index (χ3n) is 3.59. The first-order valence-corrected chi connectivity index (χ1v) is 8.03. The standard InChI is InChI=1S/C10H12.2C6H6/c1-2-6-10-8-4-3-7-9(10)5-1;2*1-2-4-6-5-3-1/h1-2,5-6H,3-4,7-8H2;2*1-6H. The molecule has 4 rings (SSSR count). The van der Waals surface area contributed by atoms with Crippen LogP contribution < -0.4 is 0 Å². The summed E-state index contributed by atoms with van der Waals surface area (Å²) in [6.07, 6.45) is 5.38. The van der Waals surface area contributed by atoms with Gasteiger partial charge in [-0.15, -0.1) is 0 Å². The highest BCUT2D eigenvalue weighted by atomic mass is 14.1. The summed E-state index contributed by atoms with van der Waals surface area (Å²) in [5, 5.41) is 0. The first-order valence-electron chi connectivity index (χ1n) is 8.03. The molecular formula is C22H24. The Kier molecular flexibility index (Phi) is 7.58. The number of fused-ring (bicyclic) bond motifs is 1. The molecule has 0 amide bonds. The van der Waals surface area contributed by atoms with E-state index in [9.17, 15) is 0 Å². The first kappa shape index (κ1) is 16.0. The summed E-state index contributed by atoms with van der Waals surface area (Å²) in [5.74, 6) is 0. The molecule has 0 heteroatoms. The molecule has 1 aliphatic rings. The van der Waals surface area contributed by atoms with Gasteiger partial charge in [0.1, 0.15) is 0 Å². The Morgan fingerprint density at radius 3 is 0.909 bits per heavy atom. The van der Waals surface area contributed by atoms with Crippen molar-refractivity contribution in [3.8, 4) is 0 Å². The monoisotopic (exact) mass is 288 g/mol. The first-order chi connectivity index (χ1) is 11.0. The molecule has 112 valence electrons. The van der Waals surface area contributed by atoms with E-state index in [1.165, 1.54) is 25.7 Å². The van der Waals surface area contributed by atoms with Gasteiger partial charge in [-0.1, -0.05) is 97.1 Å². The third kappa shape index (κ3) is 6.41. The van der Waals surface area contributed by atoms with Crippen LogP contribution in [-0.4, -0.2) is 0 Å². The predicted molar refractivity (Wildman–Crippen MR) is 96.0 cm³/mol. The minimum Gasteiger partial charge on any atom is -0.0623 e. The molecule has 0 bridgehead atoms. The van der Waals surface area contributed by atoms with Crippen LogP contribution in [0.2, 0.25) is 0 Å². The van der Waals surface area contributed by atoms with Crippen molar-refractivity contribution >= 4 is 0 Å². The Bertz CT molecular complexity index is 489. The second kappa shape index (κ2) is 10.4. The van der Waals surface area contributed by atoms with Crippen molar-refractivity contribution in [2.45, 2.75) is 25.7 Å². The predicted octanol–water partition coefficient (Wildman–Crippen LogP) is 5.94. The van der Waals surface area contributed by atoms with E-state index in [1.807, 2.05) is 72.8 Å². The number of rotatable bonds is 0. The summed E-state index contributed by atoms with van der Waals surface area (Å²) in [4.78, 5) is 0. The SMILES string of the molecule is c1ccc2c(c1)CCCC2.c1ccccc1.c1ccccc1. The van der Waals surface area contributed by atoms with Gasteiger partial charge >= 0.3 is 0 Å². The van der Waals surface area contributed by atoms with E-state index in [2.05, 4.69) is 24.3 Å². The summed E-state index contributed by atoms with van der Waals surface area (Å²) in [7, 11) is 0. The van der Waals surface area contributed by atoms with Crippen LogP contribution in [-0.2, 0) is 12.8 Å². The Balaban J connectivity index is 0.000000128. The van der Waals surface area contributed by atoms with Crippen LogP contribution in [0.15, 0.2) is 97.1 Å². The lowest BCUT2D eigenvalue weighted by Gasteiger charge is -2.13. The second-order valence-corrected chi connectivity index (χ2v) is 5.29. The topological polar surface area (TPSA) is 0 Å². The minimum atomic E-state index is 1.30. The average Bonchev–Trinajstić information content (AvgIpc) is 2.66. The van der Waals surface area contributed by atoms with Crippen LogP contribution in [0.1, 0.15) is 24.0 Å². The maximum atomic E-state index is 2.26. The lowest BCUT2D eigenvalue weighted by Crippen LogP contribution is -2.00. The number of benzene rings is 3. The van der Waals surface area contributed by atoms with Crippen LogP contribution in [0.4, 0.5) is 0 Å². The average molecular weight is 288 g/mol. The summed E-state index contributed by atoms with van der Waals surface area (Å²) < 4.78 is 0. The smallest absolute Gasteiger partial charge is 0.0276 e. The molecule has 0 saturated heterocycles. The highest BCUT2D eigenvalue weighted by molar-refractivity contribution is 5.28. The van der Waals surface area contributed by atoms with Crippen LogP contribution in [0.5, 0.6) is 0 Å². The van der Waals surface area contributed by atoms with E-state index in [0.717, 1.165) is 0 Å². The highest BCUT2D eigenvalue weighted by Crippen LogP contribution is 2.19. The molecule has 0 nitrogen and oxygen atoms in total. The van der Waals surface area contributed by atoms with Gasteiger partial charge in [0.05, 0.1) is 0 Å². The molecule has 3 aromatic rings. The minimum absolute atomic E-state index is 1.30. The van der Waals surface area contributed by atoms with Gasteiger partial charge in [-0.05, 0) is 36.8 Å². The van der Waals surface area contributed by atoms with Crippen molar-refractivity contribution in [1.82, 2.24) is 0 Å². The number of hydrogen-bond acceptors (Lipinski definition) is 0. The van der Waals surface area contributed by atoms with Crippen molar-refractivity contribution in [2.75, 3.05) is 0 Å². The van der Waals surface area contributed by atoms with E-state index >= 15 is 0 Å². The highest BCUT2D eigenvalue weighted by Gasteiger charge is 2.05. The van der Waals surface area contributed by atoms with Gasteiger partial charge in [-0.2, -0.15) is 0 Å². The van der Waals surface area contributed by atoms with Crippen molar-refractivity contribution in [3.63, 3.8) is 0 Å². The second-order valence-electron chi connectivity index (χ2n) is 5.29. The van der Waals surface area contributed by atoms with E-state index in [4.69, 9.17) is 0 Å². The van der Waals surface area contributed by atoms with Gasteiger partial charge in [-0.25, -0.2) is 0 Å². The number of aryl methyl sites for hydroxylation is 2. The lowest BCUT2D eigenvalue weighted by atomic mass is 9.92. The fraction of sp³-hybridized carbons (Fsp3) is 0.182. The molecular weight excluding hydrogens is 264 g/mol. The Hall–Kier alpha value is -2.34. The largest absolute Gasteiger partial charge is 0.0623 e. The van der Waals surface area contributed by atoms with Crippen molar-refractivity contribution in [1.29, 1.82) is 0 Å². The summed E-state index contributed by atoms with van der Waals surface area (Å²) >= 11 is 0. The normalized spacial score (nSPS) is 11.8. The molecule has 0 spiro atoms. The molecule has 0 saturated carbocycles. The molecule has 0 heterocycles. The summed E-state index contributed by atoms with van der Waals surface area (Å²) in [6, 6.07) is 32.8. The quantitative estimate of drug-likeness (QED) is 0.480. The zero-order chi connectivity index (χ0) is 15.3. The molecule has 0 aliphatic heterocycles. The van der Waals surface area contributed by atoms with E-state index in [-0.39, 0.29) is 0 Å². The third-order valence-corrected chi connectivity index (χ3v) is 3.59. The molecule has 1 aliphatic carbocycles. The zero-order valence-electron chi connectivity index (χ0n) is 13.1. The van der Waals surface area contributed by atoms with Gasteiger partial charge in [0.2, 0.25) is 0 Å². The lowest BCUT2D eigenvalue weighted by molar-refractivity contribution is 0.685. The van der Waals surface area contributed by atoms with E-state index < -0.39 is 0 Å². The van der Waals surface area contributed by atoms with E-state index in [1.54, 1.807) is 11.1 Å². The Labute approximate surface area is 134 Å². The molecule has 0 atom stereocenters. The Morgan fingerprint density at radius 2 is 0.636 bits per heavy atom. The van der Waals surface area contributed by atoms with Gasteiger partial charge in [0.25, 0.3) is 0 Å². The summed E-state index contributed by atoms with van der Waals surface area (Å²) in [5.41, 5.74) is 3.16. The van der Waals surface area contributed by atoms with Crippen molar-refractivity contribution in [2.24, 2.45) is 0 Å². The molecule has 0 radical (unpaired) electrons. The van der Waals surface area contributed by atoms with Crippen LogP contribution in [0, 0.1) is 0 Å². The molecule has 0 aromatic heterocycles. The molecule has 0 N–H and O–H groups in total. The van der Waals surface area contributed by atoms with Gasteiger partial charge in [0.15, 0.2) is 0 Å². The van der Waals surface area contributed by atoms with Crippen LogP contribution in [0.3, 0.4) is 0 Å². The van der Waals surface area contributed by atoms with Gasteiger partial charge in [0, 0.05) is 0 Å². The molecule has 0 unspecified atom stereocenters. The van der Waals surface area contributed by atoms with Gasteiger partial charge in [-0.3, -0.25) is 0 Å². The molecule has 0 fully saturated rings. The summed E-state index contributed by atoms with van der Waals surface area (Å²) in [6.45, 7) is 0.